The first-order valence-corrected chi connectivity index (χ1v) is 10.5. The van der Waals surface area contributed by atoms with Crippen LogP contribution in [0.5, 0.6) is 0 Å². The monoisotopic (exact) mass is 413 g/mol. The molecule has 2 aliphatic rings. The second-order valence-corrected chi connectivity index (χ2v) is 7.35. The fourth-order valence-corrected chi connectivity index (χ4v) is 3.66. The molecule has 2 aromatic rings. The number of hydrogen-bond donors (Lipinski definition) is 1. The number of carbonyl (C=O) groups excluding carboxylic acids is 1. The Labute approximate surface area is 183 Å². The summed E-state index contributed by atoms with van der Waals surface area (Å²) in [6.07, 6.45) is 7.44. The quantitative estimate of drug-likeness (QED) is 0.645. The summed E-state index contributed by atoms with van der Waals surface area (Å²) in [7, 11) is 0. The molecule has 1 saturated heterocycles. The Morgan fingerprint density at radius 3 is 2.48 bits per heavy atom. The zero-order valence-electron chi connectivity index (χ0n) is 18.3. The maximum Gasteiger partial charge on any atom is 0.310 e. The molecule has 0 aromatic heterocycles. The predicted molar refractivity (Wildman–Crippen MR) is 125 cm³/mol. The molecule has 1 aliphatic carbocycles. The number of benzene rings is 2. The van der Waals surface area contributed by atoms with Gasteiger partial charge in [0.1, 0.15) is 0 Å². The van der Waals surface area contributed by atoms with Crippen LogP contribution in [0, 0.1) is 6.92 Å². The second-order valence-electron chi connectivity index (χ2n) is 7.35. The van der Waals surface area contributed by atoms with Crippen molar-refractivity contribution in [1.29, 1.82) is 0 Å². The van der Waals surface area contributed by atoms with Gasteiger partial charge in [0, 0.05) is 5.69 Å². The van der Waals surface area contributed by atoms with Gasteiger partial charge in [-0.05, 0) is 54.3 Å². The third-order valence-corrected chi connectivity index (χ3v) is 5.39. The van der Waals surface area contributed by atoms with Crippen molar-refractivity contribution in [3.05, 3.63) is 94.8 Å². The van der Waals surface area contributed by atoms with Crippen molar-refractivity contribution in [1.82, 2.24) is 0 Å². The number of allylic oxidation sites excluding steroid dienone is 3. The summed E-state index contributed by atoms with van der Waals surface area (Å²) in [4.78, 5) is 26.3. The number of hydrogen-bond acceptors (Lipinski definition) is 2. The van der Waals surface area contributed by atoms with Crippen LogP contribution in [0.15, 0.2) is 83.6 Å². The molecule has 1 amide bonds. The van der Waals surface area contributed by atoms with E-state index in [2.05, 4.69) is 5.73 Å². The van der Waals surface area contributed by atoms with Crippen LogP contribution in [0.25, 0.3) is 11.1 Å². The van der Waals surface area contributed by atoms with Crippen LogP contribution < -0.4 is 4.90 Å². The summed E-state index contributed by atoms with van der Waals surface area (Å²) in [6.45, 7) is 8.17. The molecular weight excluding hydrogens is 386 g/mol. The molecule has 4 heteroatoms. The molecule has 0 saturated carbocycles. The van der Waals surface area contributed by atoms with Crippen molar-refractivity contribution in [2.45, 2.75) is 33.6 Å². The molecule has 1 N–H and O–H groups in total. The first-order chi connectivity index (χ1) is 15.0. The molecule has 0 radical (unpaired) electrons. The fraction of sp³-hybridized carbons (Fsp3) is 0.222. The molecule has 0 spiro atoms. The van der Waals surface area contributed by atoms with Crippen LogP contribution in [0.2, 0.25) is 0 Å². The Bertz CT molecular complexity index is 1130. The molecule has 1 heterocycles. The largest absolute Gasteiger partial charge is 0.481 e. The van der Waals surface area contributed by atoms with Gasteiger partial charge < -0.3 is 10.0 Å². The maximum atomic E-state index is 13.0. The van der Waals surface area contributed by atoms with E-state index in [1.54, 1.807) is 17.9 Å². The van der Waals surface area contributed by atoms with E-state index in [0.29, 0.717) is 12.1 Å². The Morgan fingerprint density at radius 2 is 1.81 bits per heavy atom. The van der Waals surface area contributed by atoms with E-state index >= 15 is 0 Å². The minimum atomic E-state index is -0.877. The molecular formula is C27H27NO3. The van der Waals surface area contributed by atoms with E-state index in [9.17, 15) is 14.7 Å². The van der Waals surface area contributed by atoms with Gasteiger partial charge >= 0.3 is 5.97 Å². The van der Waals surface area contributed by atoms with E-state index in [-0.39, 0.29) is 5.91 Å². The Hall–Kier alpha value is -3.62. The van der Waals surface area contributed by atoms with Gasteiger partial charge in [-0.1, -0.05) is 68.0 Å². The topological polar surface area (TPSA) is 57.6 Å². The minimum absolute atomic E-state index is 0.0925. The lowest BCUT2D eigenvalue weighted by Gasteiger charge is -2.20. The van der Waals surface area contributed by atoms with Gasteiger partial charge in [-0.25, -0.2) is 0 Å². The summed E-state index contributed by atoms with van der Waals surface area (Å²) in [5.41, 5.74) is 8.94. The molecule has 1 aliphatic heterocycles. The minimum Gasteiger partial charge on any atom is -0.481 e. The van der Waals surface area contributed by atoms with Crippen molar-refractivity contribution in [2.24, 2.45) is 0 Å². The van der Waals surface area contributed by atoms with Crippen LogP contribution in [0.3, 0.4) is 0 Å². The number of aliphatic carboxylic acids is 1. The highest BCUT2D eigenvalue weighted by molar-refractivity contribution is 6.13. The van der Waals surface area contributed by atoms with Gasteiger partial charge in [0.25, 0.3) is 5.91 Å². The van der Waals surface area contributed by atoms with E-state index in [0.717, 1.165) is 33.5 Å². The number of amides is 1. The van der Waals surface area contributed by atoms with Crippen LogP contribution in [0.1, 0.15) is 37.8 Å². The Balaban J connectivity index is 0.00000132. The molecule has 1 atom stereocenters. The van der Waals surface area contributed by atoms with Gasteiger partial charge in [0.05, 0.1) is 18.0 Å². The lowest BCUT2D eigenvalue weighted by molar-refractivity contribution is -0.138. The lowest BCUT2D eigenvalue weighted by atomic mass is 9.90. The first-order valence-electron chi connectivity index (χ1n) is 10.5. The molecule has 1 unspecified atom stereocenters. The van der Waals surface area contributed by atoms with Crippen molar-refractivity contribution in [3.8, 4) is 11.1 Å². The standard InChI is InChI=1S/C25H21NO3.C2H6/c1-16-8-10-18(11-9-16)23-14-20(12-13-21(23)17(2)25(28)29)26-15-19-6-4-3-5-7-22(19)24(26)27;1-2/h3-6,8-14,17H,15H2,1-2H3,(H,28,29);1-2H3. The van der Waals surface area contributed by atoms with Crippen molar-refractivity contribution < 1.29 is 14.7 Å². The van der Waals surface area contributed by atoms with Crippen LogP contribution in [-0.2, 0) is 9.59 Å². The van der Waals surface area contributed by atoms with E-state index < -0.39 is 11.9 Å². The number of aryl methyl sites for hydroxylation is 1. The molecule has 0 bridgehead atoms. The number of carboxylic acids is 1. The van der Waals surface area contributed by atoms with Crippen LogP contribution in [-0.4, -0.2) is 23.5 Å². The van der Waals surface area contributed by atoms with Gasteiger partial charge in [-0.2, -0.15) is 0 Å². The summed E-state index contributed by atoms with van der Waals surface area (Å²) in [6, 6.07) is 13.6. The normalized spacial score (nSPS) is 15.4. The molecule has 31 heavy (non-hydrogen) atoms. The first kappa shape index (κ1) is 22.1. The van der Waals surface area contributed by atoms with Crippen molar-refractivity contribution in [3.63, 3.8) is 0 Å². The SMILES string of the molecule is CC.Cc1ccc(-c2cc(N3CC4=CC=CC=C=C4C3=O)ccc2C(C)C(=O)O)cc1. The number of carboxylic acid groups (broad SMARTS) is 1. The predicted octanol–water partition coefficient (Wildman–Crippen LogP) is 5.80. The zero-order valence-corrected chi connectivity index (χ0v) is 18.3. The summed E-state index contributed by atoms with van der Waals surface area (Å²) in [5, 5.41) is 9.55. The maximum absolute atomic E-state index is 13.0. The van der Waals surface area contributed by atoms with Crippen LogP contribution in [0.4, 0.5) is 5.69 Å². The average molecular weight is 414 g/mol. The third-order valence-electron chi connectivity index (χ3n) is 5.39. The zero-order chi connectivity index (χ0) is 22.5. The number of nitrogens with zero attached hydrogens (tertiary/aromatic N) is 1. The summed E-state index contributed by atoms with van der Waals surface area (Å²) < 4.78 is 0. The van der Waals surface area contributed by atoms with Gasteiger partial charge in [-0.3, -0.25) is 9.59 Å². The molecule has 158 valence electrons. The Morgan fingerprint density at radius 1 is 1.10 bits per heavy atom. The lowest BCUT2D eigenvalue weighted by Crippen LogP contribution is -2.24. The highest BCUT2D eigenvalue weighted by Gasteiger charge is 2.32. The van der Waals surface area contributed by atoms with E-state index in [4.69, 9.17) is 0 Å². The molecule has 2 aromatic carbocycles. The van der Waals surface area contributed by atoms with Gasteiger partial charge in [0.15, 0.2) is 0 Å². The summed E-state index contributed by atoms with van der Waals surface area (Å²) >= 11 is 0. The van der Waals surface area contributed by atoms with Crippen LogP contribution >= 0.6 is 0 Å². The highest BCUT2D eigenvalue weighted by Crippen LogP contribution is 2.36. The molecule has 4 rings (SSSR count). The Kier molecular flexibility index (Phi) is 6.74. The average Bonchev–Trinajstić information content (AvgIpc) is 2.94. The van der Waals surface area contributed by atoms with E-state index in [1.807, 2.05) is 81.5 Å². The van der Waals surface area contributed by atoms with Gasteiger partial charge in [0.2, 0.25) is 0 Å². The third kappa shape index (κ3) is 4.45. The van der Waals surface area contributed by atoms with E-state index in [1.165, 1.54) is 0 Å². The van der Waals surface area contributed by atoms with Crippen molar-refractivity contribution in [2.75, 3.05) is 11.4 Å². The summed E-state index contributed by atoms with van der Waals surface area (Å²) in [5.74, 6) is -1.62. The highest BCUT2D eigenvalue weighted by atomic mass is 16.4. The smallest absolute Gasteiger partial charge is 0.310 e. The molecule has 1 fully saturated rings. The number of carbonyl (C=O) groups is 2. The second kappa shape index (κ2) is 9.46. The number of fused-ring (bicyclic) bond motifs is 1. The number of anilines is 1. The fourth-order valence-electron chi connectivity index (χ4n) is 3.66. The van der Waals surface area contributed by atoms with Crippen molar-refractivity contribution >= 4 is 17.6 Å². The van der Waals surface area contributed by atoms with Gasteiger partial charge in [-0.15, -0.1) is 5.73 Å². The number of rotatable bonds is 4. The molecule has 4 nitrogen and oxygen atoms in total.